The molecule has 178 valence electrons. The number of ether oxygens (including phenoxy) is 1. The van der Waals surface area contributed by atoms with Crippen LogP contribution in [0.4, 0.5) is 0 Å². The van der Waals surface area contributed by atoms with E-state index in [4.69, 9.17) is 10.5 Å². The summed E-state index contributed by atoms with van der Waals surface area (Å²) in [5.41, 5.74) is 5.42. The van der Waals surface area contributed by atoms with E-state index in [-0.39, 0.29) is 35.1 Å². The van der Waals surface area contributed by atoms with Crippen molar-refractivity contribution in [3.05, 3.63) is 24.3 Å². The largest absolute Gasteiger partial charge is 0.497 e. The molecule has 2 aliphatic heterocycles. The van der Waals surface area contributed by atoms with Gasteiger partial charge in [0.05, 0.1) is 23.8 Å². The minimum absolute atomic E-state index is 0.0841. The highest BCUT2D eigenvalue weighted by atomic mass is 32.2. The molecule has 1 aromatic rings. The van der Waals surface area contributed by atoms with Crippen molar-refractivity contribution in [2.45, 2.75) is 37.0 Å². The maximum Gasteiger partial charge on any atom is 0.243 e. The molecule has 2 fully saturated rings. The van der Waals surface area contributed by atoms with Crippen molar-refractivity contribution in [2.75, 3.05) is 46.4 Å². The SMILES string of the molecule is COc1ccc(S(=O)(=O)N2CCCC(C(=O)NCCCN3CCCC(C(N)=O)C3)C2)cc1. The molecule has 2 saturated heterocycles. The van der Waals surface area contributed by atoms with Gasteiger partial charge in [0.2, 0.25) is 21.8 Å². The number of nitrogens with zero attached hydrogens (tertiary/aromatic N) is 2. The molecule has 0 spiro atoms. The first-order chi connectivity index (χ1) is 15.3. The van der Waals surface area contributed by atoms with Gasteiger partial charge in [-0.2, -0.15) is 4.31 Å². The third-order valence-corrected chi connectivity index (χ3v) is 8.19. The van der Waals surface area contributed by atoms with E-state index in [9.17, 15) is 18.0 Å². The van der Waals surface area contributed by atoms with Crippen LogP contribution in [0.2, 0.25) is 0 Å². The second-order valence-electron chi connectivity index (χ2n) is 8.56. The van der Waals surface area contributed by atoms with Gasteiger partial charge >= 0.3 is 0 Å². The number of amides is 2. The number of hydrogen-bond acceptors (Lipinski definition) is 6. The van der Waals surface area contributed by atoms with Crippen molar-refractivity contribution in [1.82, 2.24) is 14.5 Å². The Kier molecular flexibility index (Phi) is 8.50. The Morgan fingerprint density at radius 2 is 1.78 bits per heavy atom. The summed E-state index contributed by atoms with van der Waals surface area (Å²) in [7, 11) is -2.12. The molecule has 2 heterocycles. The van der Waals surface area contributed by atoms with Crippen LogP contribution >= 0.6 is 0 Å². The summed E-state index contributed by atoms with van der Waals surface area (Å²) in [4.78, 5) is 26.5. The van der Waals surface area contributed by atoms with Crippen LogP contribution in [0.1, 0.15) is 32.1 Å². The number of hydrogen-bond donors (Lipinski definition) is 2. The van der Waals surface area contributed by atoms with Crippen LogP contribution in [-0.2, 0) is 19.6 Å². The number of primary amides is 1. The van der Waals surface area contributed by atoms with E-state index in [0.29, 0.717) is 38.2 Å². The van der Waals surface area contributed by atoms with Crippen LogP contribution in [0.15, 0.2) is 29.2 Å². The lowest BCUT2D eigenvalue weighted by Gasteiger charge is -2.32. The van der Waals surface area contributed by atoms with E-state index < -0.39 is 10.0 Å². The smallest absolute Gasteiger partial charge is 0.243 e. The Labute approximate surface area is 190 Å². The molecule has 10 heteroatoms. The summed E-state index contributed by atoms with van der Waals surface area (Å²) < 4.78 is 32.5. The summed E-state index contributed by atoms with van der Waals surface area (Å²) >= 11 is 0. The number of carbonyl (C=O) groups excluding carboxylic acids is 2. The van der Waals surface area contributed by atoms with Gasteiger partial charge in [-0.1, -0.05) is 0 Å². The third kappa shape index (κ3) is 6.20. The summed E-state index contributed by atoms with van der Waals surface area (Å²) in [6.07, 6.45) is 3.90. The molecular formula is C22H34N4O5S. The van der Waals surface area contributed by atoms with E-state index in [1.807, 2.05) is 0 Å². The first kappa shape index (κ1) is 24.5. The first-order valence-electron chi connectivity index (χ1n) is 11.2. The molecule has 9 nitrogen and oxygen atoms in total. The molecule has 1 aromatic carbocycles. The minimum atomic E-state index is -3.65. The van der Waals surface area contributed by atoms with Crippen LogP contribution in [-0.4, -0.2) is 75.8 Å². The van der Waals surface area contributed by atoms with Gasteiger partial charge in [-0.3, -0.25) is 9.59 Å². The maximum absolute atomic E-state index is 13.0. The van der Waals surface area contributed by atoms with E-state index in [1.165, 1.54) is 23.5 Å². The number of carbonyl (C=O) groups is 2. The summed E-state index contributed by atoms with van der Waals surface area (Å²) in [5.74, 6) is -0.192. The van der Waals surface area contributed by atoms with Crippen LogP contribution in [0.25, 0.3) is 0 Å². The second-order valence-corrected chi connectivity index (χ2v) is 10.5. The molecule has 2 atom stereocenters. The van der Waals surface area contributed by atoms with E-state index >= 15 is 0 Å². The number of benzene rings is 1. The highest BCUT2D eigenvalue weighted by Crippen LogP contribution is 2.25. The maximum atomic E-state index is 13.0. The predicted octanol–water partition coefficient (Wildman–Crippen LogP) is 0.800. The Morgan fingerprint density at radius 3 is 2.47 bits per heavy atom. The van der Waals surface area contributed by atoms with Crippen molar-refractivity contribution in [3.8, 4) is 5.75 Å². The number of nitrogens with one attached hydrogen (secondary N) is 1. The van der Waals surface area contributed by atoms with Crippen LogP contribution < -0.4 is 15.8 Å². The number of piperidine rings is 2. The van der Waals surface area contributed by atoms with Crippen LogP contribution in [0.5, 0.6) is 5.75 Å². The van der Waals surface area contributed by atoms with E-state index in [2.05, 4.69) is 10.2 Å². The number of sulfonamides is 1. The highest BCUT2D eigenvalue weighted by Gasteiger charge is 2.33. The van der Waals surface area contributed by atoms with E-state index in [1.54, 1.807) is 12.1 Å². The molecule has 3 N–H and O–H groups in total. The normalized spacial score (nSPS) is 22.9. The number of rotatable bonds is 9. The molecule has 0 radical (unpaired) electrons. The fourth-order valence-electron chi connectivity index (χ4n) is 4.42. The van der Waals surface area contributed by atoms with Gasteiger partial charge in [-0.05, 0) is 69.5 Å². The lowest BCUT2D eigenvalue weighted by molar-refractivity contribution is -0.126. The zero-order valence-electron chi connectivity index (χ0n) is 18.7. The number of nitrogens with two attached hydrogens (primary N) is 1. The Balaban J connectivity index is 1.46. The van der Waals surface area contributed by atoms with Gasteiger partial charge in [0.15, 0.2) is 0 Å². The van der Waals surface area contributed by atoms with Crippen LogP contribution in [0, 0.1) is 11.8 Å². The first-order valence-corrected chi connectivity index (χ1v) is 12.7. The standard InChI is InChI=1S/C22H34N4O5S/c1-31-19-7-9-20(10-8-19)32(29,30)26-14-3-6-18(16-26)22(28)24-11-4-13-25-12-2-5-17(15-25)21(23)27/h7-10,17-18H,2-6,11-16H2,1H3,(H2,23,27)(H,24,28). The minimum Gasteiger partial charge on any atom is -0.497 e. The molecule has 2 amide bonds. The fraction of sp³-hybridized carbons (Fsp3) is 0.636. The van der Waals surface area contributed by atoms with Crippen molar-refractivity contribution < 1.29 is 22.7 Å². The zero-order chi connectivity index (χ0) is 23.1. The van der Waals surface area contributed by atoms with Crippen molar-refractivity contribution in [2.24, 2.45) is 17.6 Å². The lowest BCUT2D eigenvalue weighted by atomic mass is 9.97. The fourth-order valence-corrected chi connectivity index (χ4v) is 5.94. The Morgan fingerprint density at radius 1 is 1.09 bits per heavy atom. The molecule has 2 unspecified atom stereocenters. The lowest BCUT2D eigenvalue weighted by Crippen LogP contribution is -2.46. The Bertz CT molecular complexity index is 890. The monoisotopic (exact) mass is 466 g/mol. The molecule has 3 rings (SSSR count). The molecule has 0 aromatic heterocycles. The van der Waals surface area contributed by atoms with Gasteiger partial charge in [-0.15, -0.1) is 0 Å². The van der Waals surface area contributed by atoms with Crippen molar-refractivity contribution in [3.63, 3.8) is 0 Å². The predicted molar refractivity (Wildman–Crippen MR) is 120 cm³/mol. The van der Waals surface area contributed by atoms with Gasteiger partial charge in [0.25, 0.3) is 0 Å². The Hall–Kier alpha value is -2.17. The zero-order valence-corrected chi connectivity index (χ0v) is 19.5. The number of methoxy groups -OCH3 is 1. The van der Waals surface area contributed by atoms with Crippen molar-refractivity contribution >= 4 is 21.8 Å². The number of likely N-dealkylation sites (tertiary alicyclic amines) is 1. The molecule has 32 heavy (non-hydrogen) atoms. The van der Waals surface area contributed by atoms with Gasteiger partial charge in [0, 0.05) is 26.2 Å². The average Bonchev–Trinajstić information content (AvgIpc) is 2.82. The highest BCUT2D eigenvalue weighted by molar-refractivity contribution is 7.89. The van der Waals surface area contributed by atoms with E-state index in [0.717, 1.165) is 32.4 Å². The van der Waals surface area contributed by atoms with Gasteiger partial charge < -0.3 is 20.7 Å². The molecule has 0 aliphatic carbocycles. The van der Waals surface area contributed by atoms with Gasteiger partial charge in [-0.25, -0.2) is 8.42 Å². The molecule has 0 bridgehead atoms. The molecular weight excluding hydrogens is 432 g/mol. The van der Waals surface area contributed by atoms with Crippen molar-refractivity contribution in [1.29, 1.82) is 0 Å². The topological polar surface area (TPSA) is 122 Å². The van der Waals surface area contributed by atoms with Crippen LogP contribution in [0.3, 0.4) is 0 Å². The third-order valence-electron chi connectivity index (χ3n) is 6.31. The van der Waals surface area contributed by atoms with Gasteiger partial charge in [0.1, 0.15) is 5.75 Å². The quantitative estimate of drug-likeness (QED) is 0.519. The summed E-state index contributed by atoms with van der Waals surface area (Å²) in [6.45, 7) is 3.55. The molecule has 2 aliphatic rings. The summed E-state index contributed by atoms with van der Waals surface area (Å²) in [6, 6.07) is 6.30. The second kappa shape index (κ2) is 11.1. The average molecular weight is 467 g/mol. The summed E-state index contributed by atoms with van der Waals surface area (Å²) in [5, 5.41) is 2.96. The molecule has 0 saturated carbocycles.